The average molecular weight is 205 g/mol. The molecule has 1 heteroatoms. The Hall–Kier alpha value is -0.980. The normalized spacial score (nSPS) is 14.7. The molecule has 1 nitrogen and oxygen atoms in total. The first-order valence-corrected chi connectivity index (χ1v) is 5.89. The molecule has 2 unspecified atom stereocenters. The molecule has 0 spiro atoms. The summed E-state index contributed by atoms with van der Waals surface area (Å²) in [6.07, 6.45) is 1.22. The van der Waals surface area contributed by atoms with Gasteiger partial charge in [0.25, 0.3) is 0 Å². The summed E-state index contributed by atoms with van der Waals surface area (Å²) in [7, 11) is 0. The quantitative estimate of drug-likeness (QED) is 0.778. The Balaban J connectivity index is 2.76. The highest BCUT2D eigenvalue weighted by Gasteiger charge is 2.10. The molecule has 0 saturated carbocycles. The second kappa shape index (κ2) is 5.20. The van der Waals surface area contributed by atoms with Gasteiger partial charge in [0.15, 0.2) is 0 Å². The minimum Gasteiger partial charge on any atom is -0.382 e. The summed E-state index contributed by atoms with van der Waals surface area (Å²) in [6.45, 7) is 11.1. The minimum absolute atomic E-state index is 0.538. The predicted octanol–water partition coefficient (Wildman–Crippen LogP) is 4.15. The van der Waals surface area contributed by atoms with Gasteiger partial charge in [-0.1, -0.05) is 32.4 Å². The molecule has 0 radical (unpaired) electrons. The summed E-state index contributed by atoms with van der Waals surface area (Å²) in [6, 6.07) is 6.99. The summed E-state index contributed by atoms with van der Waals surface area (Å²) in [5, 5.41) is 3.60. The third-order valence-corrected chi connectivity index (χ3v) is 3.49. The van der Waals surface area contributed by atoms with E-state index in [1.807, 2.05) is 0 Å². The van der Waals surface area contributed by atoms with Crippen molar-refractivity contribution in [2.75, 3.05) is 5.32 Å². The van der Waals surface area contributed by atoms with Crippen LogP contribution in [0, 0.1) is 19.8 Å². The van der Waals surface area contributed by atoms with Crippen molar-refractivity contribution in [1.29, 1.82) is 0 Å². The van der Waals surface area contributed by atoms with Gasteiger partial charge in [-0.2, -0.15) is 0 Å². The molecule has 1 aromatic rings. The zero-order chi connectivity index (χ0) is 11.4. The molecule has 0 bridgehead atoms. The number of aryl methyl sites for hydroxylation is 1. The van der Waals surface area contributed by atoms with Gasteiger partial charge in [-0.15, -0.1) is 0 Å². The van der Waals surface area contributed by atoms with Gasteiger partial charge in [0.1, 0.15) is 0 Å². The van der Waals surface area contributed by atoms with Crippen LogP contribution in [0.2, 0.25) is 0 Å². The monoisotopic (exact) mass is 205 g/mol. The summed E-state index contributed by atoms with van der Waals surface area (Å²) in [4.78, 5) is 0. The van der Waals surface area contributed by atoms with E-state index in [-0.39, 0.29) is 0 Å². The zero-order valence-corrected chi connectivity index (χ0v) is 10.6. The van der Waals surface area contributed by atoms with Gasteiger partial charge < -0.3 is 5.32 Å². The lowest BCUT2D eigenvalue weighted by atomic mass is 9.99. The topological polar surface area (TPSA) is 12.0 Å². The highest BCUT2D eigenvalue weighted by Crippen LogP contribution is 2.21. The van der Waals surface area contributed by atoms with Crippen molar-refractivity contribution < 1.29 is 0 Å². The molecular formula is C14H23N. The first-order valence-electron chi connectivity index (χ1n) is 5.89. The van der Waals surface area contributed by atoms with E-state index in [0.29, 0.717) is 12.0 Å². The maximum Gasteiger partial charge on any atom is 0.0374 e. The molecule has 2 atom stereocenters. The SMILES string of the molecule is CCC(C)C(C)Nc1cccc(C)c1C. The Morgan fingerprint density at radius 3 is 2.47 bits per heavy atom. The van der Waals surface area contributed by atoms with Crippen molar-refractivity contribution in [1.82, 2.24) is 0 Å². The molecule has 1 N–H and O–H groups in total. The molecule has 0 aliphatic heterocycles. The summed E-state index contributed by atoms with van der Waals surface area (Å²) >= 11 is 0. The fraction of sp³-hybridized carbons (Fsp3) is 0.571. The number of rotatable bonds is 4. The van der Waals surface area contributed by atoms with Crippen LogP contribution >= 0.6 is 0 Å². The molecule has 1 rings (SSSR count). The Kier molecular flexibility index (Phi) is 4.19. The van der Waals surface area contributed by atoms with Crippen LogP contribution in [0.25, 0.3) is 0 Å². The van der Waals surface area contributed by atoms with Crippen LogP contribution in [0.15, 0.2) is 18.2 Å². The summed E-state index contributed by atoms with van der Waals surface area (Å²) in [5.74, 6) is 0.713. The van der Waals surface area contributed by atoms with Crippen LogP contribution in [-0.2, 0) is 0 Å². The number of nitrogens with one attached hydrogen (secondary N) is 1. The van der Waals surface area contributed by atoms with Gasteiger partial charge in [-0.25, -0.2) is 0 Å². The highest BCUT2D eigenvalue weighted by atomic mass is 14.9. The van der Waals surface area contributed by atoms with Gasteiger partial charge >= 0.3 is 0 Å². The molecular weight excluding hydrogens is 182 g/mol. The molecule has 0 aromatic heterocycles. The molecule has 1 aromatic carbocycles. The average Bonchev–Trinajstić information content (AvgIpc) is 2.23. The first-order chi connectivity index (χ1) is 7.06. The van der Waals surface area contributed by atoms with Crippen LogP contribution in [-0.4, -0.2) is 6.04 Å². The molecule has 0 aliphatic carbocycles. The van der Waals surface area contributed by atoms with Crippen molar-refractivity contribution >= 4 is 5.69 Å². The van der Waals surface area contributed by atoms with Gasteiger partial charge in [-0.05, 0) is 43.9 Å². The summed E-state index contributed by atoms with van der Waals surface area (Å²) < 4.78 is 0. The van der Waals surface area contributed by atoms with Crippen LogP contribution in [0.3, 0.4) is 0 Å². The van der Waals surface area contributed by atoms with Gasteiger partial charge in [0.2, 0.25) is 0 Å². The fourth-order valence-electron chi connectivity index (χ4n) is 1.65. The van der Waals surface area contributed by atoms with Crippen molar-refractivity contribution in [3.63, 3.8) is 0 Å². The molecule has 0 amide bonds. The Morgan fingerprint density at radius 2 is 1.87 bits per heavy atom. The van der Waals surface area contributed by atoms with E-state index in [2.05, 4.69) is 58.1 Å². The third kappa shape index (κ3) is 2.98. The highest BCUT2D eigenvalue weighted by molar-refractivity contribution is 5.54. The van der Waals surface area contributed by atoms with Gasteiger partial charge in [-0.3, -0.25) is 0 Å². The molecule has 15 heavy (non-hydrogen) atoms. The zero-order valence-electron chi connectivity index (χ0n) is 10.6. The maximum absolute atomic E-state index is 3.60. The van der Waals surface area contributed by atoms with Crippen LogP contribution < -0.4 is 5.32 Å². The molecule has 0 fully saturated rings. The first kappa shape index (κ1) is 12.1. The van der Waals surface area contributed by atoms with Crippen LogP contribution in [0.5, 0.6) is 0 Å². The lowest BCUT2D eigenvalue weighted by Gasteiger charge is -2.22. The number of hydrogen-bond donors (Lipinski definition) is 1. The molecule has 0 saturated heterocycles. The van der Waals surface area contributed by atoms with Gasteiger partial charge in [0, 0.05) is 11.7 Å². The lowest BCUT2D eigenvalue weighted by Crippen LogP contribution is -2.23. The van der Waals surface area contributed by atoms with Crippen LogP contribution in [0.1, 0.15) is 38.3 Å². The summed E-state index contributed by atoms with van der Waals surface area (Å²) in [5.41, 5.74) is 4.01. The van der Waals surface area contributed by atoms with E-state index < -0.39 is 0 Å². The fourth-order valence-corrected chi connectivity index (χ4v) is 1.65. The standard InChI is InChI=1S/C14H23N/c1-6-10(2)13(5)15-14-9-7-8-11(3)12(14)4/h7-10,13,15H,6H2,1-5H3. The predicted molar refractivity (Wildman–Crippen MR) is 68.5 cm³/mol. The van der Waals surface area contributed by atoms with Crippen molar-refractivity contribution in [2.24, 2.45) is 5.92 Å². The van der Waals surface area contributed by atoms with Crippen molar-refractivity contribution in [3.05, 3.63) is 29.3 Å². The van der Waals surface area contributed by atoms with E-state index in [9.17, 15) is 0 Å². The van der Waals surface area contributed by atoms with Crippen molar-refractivity contribution in [3.8, 4) is 0 Å². The number of anilines is 1. The van der Waals surface area contributed by atoms with E-state index in [4.69, 9.17) is 0 Å². The smallest absolute Gasteiger partial charge is 0.0374 e. The van der Waals surface area contributed by atoms with E-state index >= 15 is 0 Å². The maximum atomic E-state index is 3.60. The Bertz CT molecular complexity index is 317. The Morgan fingerprint density at radius 1 is 1.20 bits per heavy atom. The molecule has 0 heterocycles. The lowest BCUT2D eigenvalue weighted by molar-refractivity contribution is 0.494. The molecule has 0 aliphatic rings. The number of hydrogen-bond acceptors (Lipinski definition) is 1. The van der Waals surface area contributed by atoms with Crippen molar-refractivity contribution in [2.45, 2.75) is 47.1 Å². The van der Waals surface area contributed by atoms with Gasteiger partial charge in [0.05, 0.1) is 0 Å². The third-order valence-electron chi connectivity index (χ3n) is 3.49. The minimum atomic E-state index is 0.538. The Labute approximate surface area is 93.9 Å². The van der Waals surface area contributed by atoms with Crippen LogP contribution in [0.4, 0.5) is 5.69 Å². The van der Waals surface area contributed by atoms with E-state index in [1.54, 1.807) is 0 Å². The molecule has 84 valence electrons. The number of benzene rings is 1. The van der Waals surface area contributed by atoms with E-state index in [0.717, 1.165) is 0 Å². The van der Waals surface area contributed by atoms with E-state index in [1.165, 1.54) is 23.2 Å². The largest absolute Gasteiger partial charge is 0.382 e. The second-order valence-corrected chi connectivity index (χ2v) is 4.57. The second-order valence-electron chi connectivity index (χ2n) is 4.57.